The molecule has 0 fully saturated rings. The van der Waals surface area contributed by atoms with Crippen molar-refractivity contribution in [1.82, 2.24) is 0 Å². The van der Waals surface area contributed by atoms with Gasteiger partial charge in [0.15, 0.2) is 9.84 Å². The highest BCUT2D eigenvalue weighted by Crippen LogP contribution is 2.21. The van der Waals surface area contributed by atoms with Gasteiger partial charge in [-0.05, 0) is 18.6 Å². The van der Waals surface area contributed by atoms with Crippen LogP contribution in [0.1, 0.15) is 20.3 Å². The molecule has 0 aliphatic rings. The van der Waals surface area contributed by atoms with Crippen LogP contribution in [0.5, 0.6) is 0 Å². The van der Waals surface area contributed by atoms with E-state index in [1.165, 1.54) is 0 Å². The summed E-state index contributed by atoms with van der Waals surface area (Å²) in [5, 5.41) is 20.1. The van der Waals surface area contributed by atoms with E-state index in [-0.39, 0.29) is 23.0 Å². The van der Waals surface area contributed by atoms with Crippen LogP contribution in [0.15, 0.2) is 47.9 Å². The maximum atomic E-state index is 12.1. The summed E-state index contributed by atoms with van der Waals surface area (Å²) in [5.74, 6) is -0.707. The van der Waals surface area contributed by atoms with Crippen molar-refractivity contribution in [2.24, 2.45) is 11.8 Å². The Hall–Kier alpha value is -1.17. The van der Waals surface area contributed by atoms with E-state index >= 15 is 0 Å². The number of rotatable bonds is 8. The van der Waals surface area contributed by atoms with Gasteiger partial charge in [0.1, 0.15) is 0 Å². The average Bonchev–Trinajstić information content (AvgIpc) is 2.51. The van der Waals surface area contributed by atoms with E-state index in [4.69, 9.17) is 0 Å². The summed E-state index contributed by atoms with van der Waals surface area (Å²) in [7, 11) is -3.40. The minimum atomic E-state index is -3.40. The molecule has 0 aliphatic carbocycles. The molecule has 1 aromatic rings. The van der Waals surface area contributed by atoms with Crippen LogP contribution in [-0.2, 0) is 9.84 Å². The standard InChI is InChI=1S/C16H24O4S/c1-4-12(2)16(18)13(3)15(17)10-11-21(19,20)14-8-6-5-7-9-14/h4-9,12-13,15-18H,1,10-11H2,2-3H3/t12-,13?,15-,16-/m0/s1. The van der Waals surface area contributed by atoms with Crippen molar-refractivity contribution in [1.29, 1.82) is 0 Å². The lowest BCUT2D eigenvalue weighted by atomic mass is 9.88. The Bertz CT molecular complexity index is 539. The molecule has 0 spiro atoms. The topological polar surface area (TPSA) is 74.6 Å². The minimum Gasteiger partial charge on any atom is -0.393 e. The molecule has 5 heteroatoms. The smallest absolute Gasteiger partial charge is 0.178 e. The number of hydrogen-bond donors (Lipinski definition) is 2. The Kier molecular flexibility index (Phi) is 6.58. The molecule has 4 nitrogen and oxygen atoms in total. The van der Waals surface area contributed by atoms with Gasteiger partial charge in [-0.25, -0.2) is 8.42 Å². The van der Waals surface area contributed by atoms with Crippen LogP contribution in [0.25, 0.3) is 0 Å². The monoisotopic (exact) mass is 312 g/mol. The first kappa shape index (κ1) is 17.9. The predicted molar refractivity (Wildman–Crippen MR) is 83.7 cm³/mol. The lowest BCUT2D eigenvalue weighted by Crippen LogP contribution is -2.34. The summed E-state index contributed by atoms with van der Waals surface area (Å²) in [6.07, 6.45) is 0.103. The van der Waals surface area contributed by atoms with E-state index in [1.54, 1.807) is 43.3 Å². The fourth-order valence-electron chi connectivity index (χ4n) is 2.13. The lowest BCUT2D eigenvalue weighted by molar-refractivity contribution is 0.00309. The zero-order valence-corrected chi connectivity index (χ0v) is 13.3. The summed E-state index contributed by atoms with van der Waals surface area (Å²) in [6.45, 7) is 7.13. The van der Waals surface area contributed by atoms with Crippen molar-refractivity contribution >= 4 is 9.84 Å². The Morgan fingerprint density at radius 3 is 2.29 bits per heavy atom. The number of sulfone groups is 1. The van der Waals surface area contributed by atoms with Gasteiger partial charge >= 0.3 is 0 Å². The molecule has 1 unspecified atom stereocenters. The van der Waals surface area contributed by atoms with Gasteiger partial charge in [0.2, 0.25) is 0 Å². The van der Waals surface area contributed by atoms with Crippen molar-refractivity contribution in [3.63, 3.8) is 0 Å². The van der Waals surface area contributed by atoms with E-state index < -0.39 is 28.0 Å². The van der Waals surface area contributed by atoms with Crippen LogP contribution in [-0.4, -0.2) is 36.6 Å². The largest absolute Gasteiger partial charge is 0.393 e. The highest BCUT2D eigenvalue weighted by molar-refractivity contribution is 7.91. The molecule has 0 saturated heterocycles. The molecule has 1 rings (SSSR count). The molecule has 1 aromatic carbocycles. The maximum absolute atomic E-state index is 12.1. The van der Waals surface area contributed by atoms with E-state index in [0.29, 0.717) is 0 Å². The molecule has 21 heavy (non-hydrogen) atoms. The van der Waals surface area contributed by atoms with Crippen LogP contribution in [0.4, 0.5) is 0 Å². The second-order valence-electron chi connectivity index (χ2n) is 5.43. The van der Waals surface area contributed by atoms with Gasteiger partial charge in [0.25, 0.3) is 0 Å². The zero-order chi connectivity index (χ0) is 16.0. The number of hydrogen-bond acceptors (Lipinski definition) is 4. The first-order chi connectivity index (χ1) is 9.79. The highest BCUT2D eigenvalue weighted by Gasteiger charge is 2.27. The van der Waals surface area contributed by atoms with Crippen LogP contribution < -0.4 is 0 Å². The second kappa shape index (κ2) is 7.73. The quantitative estimate of drug-likeness (QED) is 0.720. The summed E-state index contributed by atoms with van der Waals surface area (Å²) >= 11 is 0. The molecule has 0 radical (unpaired) electrons. The minimum absolute atomic E-state index is 0.0965. The summed E-state index contributed by atoms with van der Waals surface area (Å²) in [4.78, 5) is 0.255. The summed E-state index contributed by atoms with van der Waals surface area (Å²) in [6, 6.07) is 8.17. The fraction of sp³-hybridized carbons (Fsp3) is 0.500. The molecule has 0 aliphatic heterocycles. The Balaban J connectivity index is 2.64. The van der Waals surface area contributed by atoms with Gasteiger partial charge in [-0.3, -0.25) is 0 Å². The van der Waals surface area contributed by atoms with Gasteiger partial charge in [0.05, 0.1) is 22.9 Å². The van der Waals surface area contributed by atoms with Crippen LogP contribution in [0, 0.1) is 11.8 Å². The molecular formula is C16H24O4S. The van der Waals surface area contributed by atoms with Gasteiger partial charge in [0, 0.05) is 11.8 Å². The third kappa shape index (κ3) is 4.95. The number of benzene rings is 1. The SMILES string of the molecule is C=C[C@H](C)[C@H](O)C(C)[C@@H](O)CCS(=O)(=O)c1ccccc1. The Labute approximate surface area is 127 Å². The van der Waals surface area contributed by atoms with Gasteiger partial charge < -0.3 is 10.2 Å². The molecule has 0 saturated carbocycles. The van der Waals surface area contributed by atoms with E-state index in [9.17, 15) is 18.6 Å². The molecule has 118 valence electrons. The Morgan fingerprint density at radius 1 is 1.19 bits per heavy atom. The molecule has 2 N–H and O–H groups in total. The normalized spacial score (nSPS) is 17.7. The molecule has 0 aromatic heterocycles. The summed E-state index contributed by atoms with van der Waals surface area (Å²) in [5.41, 5.74) is 0. The first-order valence-corrected chi connectivity index (χ1v) is 8.71. The van der Waals surface area contributed by atoms with Crippen LogP contribution >= 0.6 is 0 Å². The first-order valence-electron chi connectivity index (χ1n) is 7.06. The highest BCUT2D eigenvalue weighted by atomic mass is 32.2. The zero-order valence-electron chi connectivity index (χ0n) is 12.5. The van der Waals surface area contributed by atoms with Crippen molar-refractivity contribution in [3.8, 4) is 0 Å². The van der Waals surface area contributed by atoms with E-state index in [0.717, 1.165) is 0 Å². The van der Waals surface area contributed by atoms with E-state index in [1.807, 2.05) is 6.92 Å². The predicted octanol–water partition coefficient (Wildman–Crippen LogP) is 2.03. The maximum Gasteiger partial charge on any atom is 0.178 e. The van der Waals surface area contributed by atoms with Gasteiger partial charge in [-0.15, -0.1) is 6.58 Å². The second-order valence-corrected chi connectivity index (χ2v) is 7.54. The molecule has 0 amide bonds. The molecule has 4 atom stereocenters. The van der Waals surface area contributed by atoms with Crippen molar-refractivity contribution < 1.29 is 18.6 Å². The molecular weight excluding hydrogens is 288 g/mol. The summed E-state index contributed by atoms with van der Waals surface area (Å²) < 4.78 is 24.3. The third-order valence-corrected chi connectivity index (χ3v) is 5.60. The van der Waals surface area contributed by atoms with Crippen molar-refractivity contribution in [2.75, 3.05) is 5.75 Å². The molecule has 0 heterocycles. The van der Waals surface area contributed by atoms with E-state index in [2.05, 4.69) is 6.58 Å². The number of aliphatic hydroxyl groups is 2. The fourth-order valence-corrected chi connectivity index (χ4v) is 3.49. The number of aliphatic hydroxyl groups excluding tert-OH is 2. The van der Waals surface area contributed by atoms with Gasteiger partial charge in [-0.2, -0.15) is 0 Å². The van der Waals surface area contributed by atoms with Gasteiger partial charge in [-0.1, -0.05) is 38.1 Å². The third-order valence-electron chi connectivity index (χ3n) is 3.84. The average molecular weight is 312 g/mol. The Morgan fingerprint density at radius 2 is 1.76 bits per heavy atom. The molecule has 0 bridgehead atoms. The van der Waals surface area contributed by atoms with Crippen LogP contribution in [0.2, 0.25) is 0 Å². The van der Waals surface area contributed by atoms with Crippen molar-refractivity contribution in [3.05, 3.63) is 43.0 Å². The van der Waals surface area contributed by atoms with Crippen molar-refractivity contribution in [2.45, 2.75) is 37.4 Å². The van der Waals surface area contributed by atoms with Crippen LogP contribution in [0.3, 0.4) is 0 Å². The lowest BCUT2D eigenvalue weighted by Gasteiger charge is -2.27.